The number of rotatable bonds is 6. The van der Waals surface area contributed by atoms with Gasteiger partial charge in [0.1, 0.15) is 11.6 Å². The molecule has 1 saturated carbocycles. The van der Waals surface area contributed by atoms with E-state index in [4.69, 9.17) is 4.74 Å². The summed E-state index contributed by atoms with van der Waals surface area (Å²) in [6, 6.07) is 11.4. The number of methoxy groups -OCH3 is 1. The third-order valence-corrected chi connectivity index (χ3v) is 4.41. The first-order valence-electron chi connectivity index (χ1n) is 7.92. The molecule has 1 aliphatic carbocycles. The van der Waals surface area contributed by atoms with Crippen molar-refractivity contribution in [2.45, 2.75) is 18.4 Å². The predicted octanol–water partition coefficient (Wildman–Crippen LogP) is 2.88. The van der Waals surface area contributed by atoms with Crippen molar-refractivity contribution in [3.8, 4) is 5.75 Å². The number of nitrogens with one attached hydrogen (secondary N) is 1. The van der Waals surface area contributed by atoms with Crippen molar-refractivity contribution in [3.05, 3.63) is 65.5 Å². The number of benzene rings is 2. The number of carboxylic acids is 1. The van der Waals surface area contributed by atoms with Gasteiger partial charge in [0, 0.05) is 5.92 Å². The number of amides is 1. The van der Waals surface area contributed by atoms with E-state index in [9.17, 15) is 19.1 Å². The van der Waals surface area contributed by atoms with E-state index in [1.54, 1.807) is 36.4 Å². The van der Waals surface area contributed by atoms with E-state index in [-0.39, 0.29) is 23.6 Å². The van der Waals surface area contributed by atoms with E-state index in [1.807, 2.05) is 0 Å². The summed E-state index contributed by atoms with van der Waals surface area (Å²) in [6.45, 7) is 0. The quantitative estimate of drug-likeness (QED) is 0.846. The second kappa shape index (κ2) is 6.93. The van der Waals surface area contributed by atoms with E-state index >= 15 is 0 Å². The molecule has 1 aliphatic rings. The van der Waals surface area contributed by atoms with Gasteiger partial charge in [-0.05, 0) is 47.7 Å². The summed E-state index contributed by atoms with van der Waals surface area (Å²) < 4.78 is 18.0. The van der Waals surface area contributed by atoms with E-state index < -0.39 is 12.0 Å². The van der Waals surface area contributed by atoms with Gasteiger partial charge in [0.2, 0.25) is 5.91 Å². The maximum Gasteiger partial charge on any atom is 0.330 e. The molecule has 0 aliphatic heterocycles. The number of carboxylic acid groups (broad SMARTS) is 1. The zero-order chi connectivity index (χ0) is 18.0. The second-order valence-corrected chi connectivity index (χ2v) is 6.05. The molecule has 0 unspecified atom stereocenters. The smallest absolute Gasteiger partial charge is 0.330 e. The lowest BCUT2D eigenvalue weighted by atomic mass is 10.1. The van der Waals surface area contributed by atoms with E-state index in [1.165, 1.54) is 19.2 Å². The van der Waals surface area contributed by atoms with E-state index in [0.29, 0.717) is 17.7 Å². The first-order chi connectivity index (χ1) is 12.0. The molecule has 0 aromatic heterocycles. The highest BCUT2D eigenvalue weighted by molar-refractivity contribution is 5.88. The van der Waals surface area contributed by atoms with Crippen LogP contribution in [0.2, 0.25) is 0 Å². The molecule has 1 fully saturated rings. The highest BCUT2D eigenvalue weighted by Gasteiger charge is 2.44. The van der Waals surface area contributed by atoms with Crippen molar-refractivity contribution in [1.29, 1.82) is 0 Å². The van der Waals surface area contributed by atoms with Gasteiger partial charge >= 0.3 is 5.97 Å². The van der Waals surface area contributed by atoms with Crippen LogP contribution in [-0.4, -0.2) is 24.1 Å². The maximum atomic E-state index is 13.0. The minimum absolute atomic E-state index is 0.00547. The van der Waals surface area contributed by atoms with Crippen molar-refractivity contribution in [1.82, 2.24) is 5.32 Å². The first-order valence-corrected chi connectivity index (χ1v) is 7.92. The lowest BCUT2D eigenvalue weighted by Gasteiger charge is -2.15. The van der Waals surface area contributed by atoms with Gasteiger partial charge in [0.25, 0.3) is 0 Å². The molecule has 130 valence electrons. The van der Waals surface area contributed by atoms with Crippen LogP contribution in [0, 0.1) is 11.7 Å². The Hall–Kier alpha value is -2.89. The summed E-state index contributed by atoms with van der Waals surface area (Å²) >= 11 is 0. The molecule has 25 heavy (non-hydrogen) atoms. The van der Waals surface area contributed by atoms with Gasteiger partial charge in [-0.15, -0.1) is 0 Å². The average Bonchev–Trinajstić information content (AvgIpc) is 3.41. The number of halogens is 1. The molecule has 3 atom stereocenters. The Balaban J connectivity index is 1.67. The lowest BCUT2D eigenvalue weighted by Crippen LogP contribution is -2.35. The Labute approximate surface area is 144 Å². The average molecular weight is 343 g/mol. The topological polar surface area (TPSA) is 75.6 Å². The summed E-state index contributed by atoms with van der Waals surface area (Å²) in [6.07, 6.45) is 0.631. The van der Waals surface area contributed by atoms with Gasteiger partial charge in [-0.25, -0.2) is 9.18 Å². The molecular formula is C19H18FNO4. The van der Waals surface area contributed by atoms with Crippen LogP contribution in [0.3, 0.4) is 0 Å². The largest absolute Gasteiger partial charge is 0.497 e. The van der Waals surface area contributed by atoms with Gasteiger partial charge in [-0.1, -0.05) is 24.3 Å². The third kappa shape index (κ3) is 3.79. The minimum atomic E-state index is -1.13. The number of carbonyl (C=O) groups excluding carboxylic acids is 1. The van der Waals surface area contributed by atoms with Crippen LogP contribution >= 0.6 is 0 Å². The Morgan fingerprint density at radius 3 is 2.36 bits per heavy atom. The van der Waals surface area contributed by atoms with Crippen LogP contribution < -0.4 is 10.1 Å². The molecule has 5 nitrogen and oxygen atoms in total. The number of ether oxygens (including phenoxy) is 1. The summed E-state index contributed by atoms with van der Waals surface area (Å²) in [5.74, 6) is -1.43. The van der Waals surface area contributed by atoms with Crippen LogP contribution in [-0.2, 0) is 9.59 Å². The van der Waals surface area contributed by atoms with E-state index in [2.05, 4.69) is 5.32 Å². The van der Waals surface area contributed by atoms with E-state index in [0.717, 1.165) is 5.56 Å². The molecule has 0 radical (unpaired) electrons. The van der Waals surface area contributed by atoms with Gasteiger partial charge in [-0.2, -0.15) is 0 Å². The van der Waals surface area contributed by atoms with Crippen LogP contribution in [0.5, 0.6) is 5.75 Å². The maximum absolute atomic E-state index is 13.0. The molecule has 6 heteroatoms. The van der Waals surface area contributed by atoms with Crippen molar-refractivity contribution >= 4 is 11.9 Å². The Morgan fingerprint density at radius 2 is 1.80 bits per heavy atom. The Morgan fingerprint density at radius 1 is 1.16 bits per heavy atom. The van der Waals surface area contributed by atoms with Gasteiger partial charge in [0.05, 0.1) is 7.11 Å². The SMILES string of the molecule is COc1ccc([C@H](NC(=O)[C@H]2C[C@H]2c2ccc(F)cc2)C(=O)O)cc1. The fourth-order valence-corrected chi connectivity index (χ4v) is 2.90. The lowest BCUT2D eigenvalue weighted by molar-refractivity contribution is -0.142. The van der Waals surface area contributed by atoms with Crippen LogP contribution in [0.4, 0.5) is 4.39 Å². The van der Waals surface area contributed by atoms with Gasteiger partial charge in [-0.3, -0.25) is 4.79 Å². The normalized spacial score (nSPS) is 19.8. The second-order valence-electron chi connectivity index (χ2n) is 6.05. The summed E-state index contributed by atoms with van der Waals surface area (Å²) in [5.41, 5.74) is 1.36. The number of carbonyl (C=O) groups is 2. The monoisotopic (exact) mass is 343 g/mol. The highest BCUT2D eigenvalue weighted by atomic mass is 19.1. The van der Waals surface area contributed by atoms with Crippen LogP contribution in [0.25, 0.3) is 0 Å². The summed E-state index contributed by atoms with van der Waals surface area (Å²) in [7, 11) is 1.52. The number of hydrogen-bond donors (Lipinski definition) is 2. The predicted molar refractivity (Wildman–Crippen MR) is 88.8 cm³/mol. The molecule has 0 heterocycles. The molecule has 3 rings (SSSR count). The number of hydrogen-bond acceptors (Lipinski definition) is 3. The van der Waals surface area contributed by atoms with Gasteiger partial charge in [0.15, 0.2) is 6.04 Å². The molecule has 2 aromatic carbocycles. The van der Waals surface area contributed by atoms with Crippen molar-refractivity contribution in [3.63, 3.8) is 0 Å². The third-order valence-electron chi connectivity index (χ3n) is 4.41. The Bertz CT molecular complexity index is 773. The zero-order valence-corrected chi connectivity index (χ0v) is 13.6. The minimum Gasteiger partial charge on any atom is -0.497 e. The number of aliphatic carboxylic acids is 1. The van der Waals surface area contributed by atoms with Crippen molar-refractivity contribution < 1.29 is 23.8 Å². The summed E-state index contributed by atoms with van der Waals surface area (Å²) in [5, 5.41) is 12.0. The Kier molecular flexibility index (Phi) is 4.70. The van der Waals surface area contributed by atoms with Crippen LogP contribution in [0.1, 0.15) is 29.5 Å². The highest BCUT2D eigenvalue weighted by Crippen LogP contribution is 2.47. The van der Waals surface area contributed by atoms with Crippen molar-refractivity contribution in [2.75, 3.05) is 7.11 Å². The molecule has 2 N–H and O–H groups in total. The molecule has 2 aromatic rings. The standard InChI is InChI=1S/C19H18FNO4/c1-25-14-8-4-12(5-9-14)17(19(23)24)21-18(22)16-10-15(16)11-2-6-13(20)7-3-11/h2-9,15-17H,10H2,1H3,(H,21,22)(H,23,24)/t15-,16-,17-/m0/s1. The zero-order valence-electron chi connectivity index (χ0n) is 13.6. The molecule has 1 amide bonds. The fraction of sp³-hybridized carbons (Fsp3) is 0.263. The molecule has 0 bridgehead atoms. The molecule has 0 spiro atoms. The first kappa shape index (κ1) is 17.0. The summed E-state index contributed by atoms with van der Waals surface area (Å²) in [4.78, 5) is 23.9. The molecular weight excluding hydrogens is 325 g/mol. The molecule has 0 saturated heterocycles. The van der Waals surface area contributed by atoms with Crippen LogP contribution in [0.15, 0.2) is 48.5 Å². The van der Waals surface area contributed by atoms with Crippen molar-refractivity contribution in [2.24, 2.45) is 5.92 Å². The van der Waals surface area contributed by atoms with Gasteiger partial charge < -0.3 is 15.2 Å². The fourth-order valence-electron chi connectivity index (χ4n) is 2.90.